The Morgan fingerprint density at radius 2 is 1.61 bits per heavy atom. The van der Waals surface area contributed by atoms with Crippen molar-refractivity contribution in [2.75, 3.05) is 32.0 Å². The van der Waals surface area contributed by atoms with Gasteiger partial charge in [0.1, 0.15) is 5.75 Å². The fraction of sp³-hybridized carbons (Fsp3) is 0.348. The van der Waals surface area contributed by atoms with Gasteiger partial charge < -0.3 is 25.4 Å². The molecule has 0 aromatic heterocycles. The van der Waals surface area contributed by atoms with E-state index < -0.39 is 6.16 Å². The molecular formula is C23H27N3O5. The maximum absolute atomic E-state index is 12.7. The second-order valence-corrected chi connectivity index (χ2v) is 7.38. The van der Waals surface area contributed by atoms with Crippen LogP contribution in [0, 0.1) is 5.92 Å². The number of carbonyl (C=O) groups excluding carboxylic acids is 3. The number of likely N-dealkylation sites (tertiary alicyclic amines) is 1. The number of carbonyl (C=O) groups is 3. The van der Waals surface area contributed by atoms with Crippen molar-refractivity contribution in [3.63, 3.8) is 0 Å². The van der Waals surface area contributed by atoms with Gasteiger partial charge in [0.25, 0.3) is 11.8 Å². The molecule has 0 spiro atoms. The smallest absolute Gasteiger partial charge is 0.434 e. The van der Waals surface area contributed by atoms with Crippen LogP contribution in [-0.2, 0) is 4.74 Å². The second-order valence-electron chi connectivity index (χ2n) is 7.38. The minimum atomic E-state index is -0.771. The first-order valence-electron chi connectivity index (χ1n) is 10.3. The molecule has 1 aliphatic rings. The number of ether oxygens (including phenoxy) is 2. The van der Waals surface area contributed by atoms with E-state index in [1.807, 2.05) is 0 Å². The Morgan fingerprint density at radius 1 is 1.00 bits per heavy atom. The van der Waals surface area contributed by atoms with Gasteiger partial charge in [0, 0.05) is 36.4 Å². The molecule has 1 aliphatic heterocycles. The molecule has 0 saturated carbocycles. The number of piperidine rings is 1. The van der Waals surface area contributed by atoms with Crippen LogP contribution < -0.4 is 15.8 Å². The van der Waals surface area contributed by atoms with Gasteiger partial charge in [-0.3, -0.25) is 9.59 Å². The molecule has 2 aromatic rings. The average molecular weight is 425 g/mol. The molecular weight excluding hydrogens is 398 g/mol. The highest BCUT2D eigenvalue weighted by Gasteiger charge is 2.24. The predicted molar refractivity (Wildman–Crippen MR) is 116 cm³/mol. The first-order chi connectivity index (χ1) is 15.0. The Labute approximate surface area is 181 Å². The fourth-order valence-electron chi connectivity index (χ4n) is 3.41. The van der Waals surface area contributed by atoms with Gasteiger partial charge in [-0.15, -0.1) is 0 Å². The van der Waals surface area contributed by atoms with Gasteiger partial charge in [-0.05, 0) is 74.2 Å². The molecule has 3 N–H and O–H groups in total. The number of rotatable bonds is 6. The van der Waals surface area contributed by atoms with E-state index in [0.717, 1.165) is 12.8 Å². The normalized spacial score (nSPS) is 14.0. The SMILES string of the molecule is CCOC(=O)Oc1ccc(C(=O)N2CCC(CNC(=O)c3ccc(N)cc3)CC2)cc1. The van der Waals surface area contributed by atoms with Crippen LogP contribution in [-0.4, -0.2) is 49.1 Å². The lowest BCUT2D eigenvalue weighted by Crippen LogP contribution is -2.41. The van der Waals surface area contributed by atoms with Crippen molar-refractivity contribution in [3.8, 4) is 5.75 Å². The first kappa shape index (κ1) is 22.1. The topological polar surface area (TPSA) is 111 Å². The van der Waals surface area contributed by atoms with Gasteiger partial charge in [-0.25, -0.2) is 4.79 Å². The zero-order chi connectivity index (χ0) is 22.2. The van der Waals surface area contributed by atoms with Crippen molar-refractivity contribution in [3.05, 3.63) is 59.7 Å². The van der Waals surface area contributed by atoms with E-state index in [1.165, 1.54) is 0 Å². The van der Waals surface area contributed by atoms with E-state index in [9.17, 15) is 14.4 Å². The minimum absolute atomic E-state index is 0.0629. The lowest BCUT2D eigenvalue weighted by molar-refractivity contribution is 0.0684. The number of hydrogen-bond acceptors (Lipinski definition) is 6. The summed E-state index contributed by atoms with van der Waals surface area (Å²) in [5.41, 5.74) is 7.38. The van der Waals surface area contributed by atoms with Crippen LogP contribution >= 0.6 is 0 Å². The van der Waals surface area contributed by atoms with Crippen LogP contribution in [0.25, 0.3) is 0 Å². The molecule has 1 heterocycles. The molecule has 0 aliphatic carbocycles. The lowest BCUT2D eigenvalue weighted by atomic mass is 9.96. The minimum Gasteiger partial charge on any atom is -0.434 e. The fourth-order valence-corrected chi connectivity index (χ4v) is 3.41. The van der Waals surface area contributed by atoms with Crippen LogP contribution in [0.15, 0.2) is 48.5 Å². The maximum atomic E-state index is 12.7. The largest absolute Gasteiger partial charge is 0.513 e. The van der Waals surface area contributed by atoms with Crippen LogP contribution in [0.3, 0.4) is 0 Å². The zero-order valence-electron chi connectivity index (χ0n) is 17.5. The summed E-state index contributed by atoms with van der Waals surface area (Å²) in [7, 11) is 0. The average Bonchev–Trinajstić information content (AvgIpc) is 2.78. The van der Waals surface area contributed by atoms with Crippen molar-refractivity contribution in [1.82, 2.24) is 10.2 Å². The standard InChI is InChI=1S/C23H27N3O5/c1-2-30-23(29)31-20-9-5-18(6-10-20)22(28)26-13-11-16(12-14-26)15-25-21(27)17-3-7-19(24)8-4-17/h3-10,16H,2,11-15,24H2,1H3,(H,25,27). The van der Waals surface area contributed by atoms with Crippen LogP contribution in [0.5, 0.6) is 5.75 Å². The number of amides is 2. The summed E-state index contributed by atoms with van der Waals surface area (Å²) in [5, 5.41) is 2.96. The molecule has 2 amide bonds. The molecule has 1 fully saturated rings. The summed E-state index contributed by atoms with van der Waals surface area (Å²) >= 11 is 0. The Hall–Kier alpha value is -3.55. The molecule has 2 aromatic carbocycles. The van der Waals surface area contributed by atoms with E-state index in [2.05, 4.69) is 5.32 Å². The van der Waals surface area contributed by atoms with Crippen molar-refractivity contribution >= 4 is 23.7 Å². The third-order valence-corrected chi connectivity index (χ3v) is 5.19. The number of benzene rings is 2. The number of anilines is 1. The maximum Gasteiger partial charge on any atom is 0.513 e. The van der Waals surface area contributed by atoms with E-state index >= 15 is 0 Å². The van der Waals surface area contributed by atoms with Crippen LogP contribution in [0.4, 0.5) is 10.5 Å². The number of nitrogens with zero attached hydrogens (tertiary/aromatic N) is 1. The Morgan fingerprint density at radius 3 is 2.23 bits per heavy atom. The molecule has 8 heteroatoms. The summed E-state index contributed by atoms with van der Waals surface area (Å²) in [6.07, 6.45) is 0.863. The highest BCUT2D eigenvalue weighted by molar-refractivity contribution is 5.95. The predicted octanol–water partition coefficient (Wildman–Crippen LogP) is 3.09. The molecule has 3 rings (SSSR count). The summed E-state index contributed by atoms with van der Waals surface area (Å²) in [6.45, 7) is 3.76. The number of nitrogens with one attached hydrogen (secondary N) is 1. The molecule has 31 heavy (non-hydrogen) atoms. The first-order valence-corrected chi connectivity index (χ1v) is 10.3. The molecule has 0 bridgehead atoms. The summed E-state index contributed by atoms with van der Waals surface area (Å²) in [4.78, 5) is 38.1. The Kier molecular flexibility index (Phi) is 7.48. The Bertz CT molecular complexity index is 904. The van der Waals surface area contributed by atoms with Gasteiger partial charge in [0.05, 0.1) is 6.61 Å². The van der Waals surface area contributed by atoms with Gasteiger partial charge in [0.2, 0.25) is 0 Å². The molecule has 0 atom stereocenters. The lowest BCUT2D eigenvalue weighted by Gasteiger charge is -2.32. The van der Waals surface area contributed by atoms with Gasteiger partial charge in [-0.1, -0.05) is 0 Å². The number of hydrogen-bond donors (Lipinski definition) is 2. The summed E-state index contributed by atoms with van der Waals surface area (Å²) in [5.74, 6) is 0.461. The monoisotopic (exact) mass is 425 g/mol. The number of nitrogens with two attached hydrogens (primary N) is 1. The highest BCUT2D eigenvalue weighted by Crippen LogP contribution is 2.20. The summed E-state index contributed by atoms with van der Waals surface area (Å²) < 4.78 is 9.73. The van der Waals surface area contributed by atoms with Crippen molar-refractivity contribution in [2.45, 2.75) is 19.8 Å². The van der Waals surface area contributed by atoms with Crippen molar-refractivity contribution in [2.24, 2.45) is 5.92 Å². The van der Waals surface area contributed by atoms with E-state index in [1.54, 1.807) is 60.4 Å². The second kappa shape index (κ2) is 10.5. The molecule has 1 saturated heterocycles. The zero-order valence-corrected chi connectivity index (χ0v) is 17.5. The summed E-state index contributed by atoms with van der Waals surface area (Å²) in [6, 6.07) is 13.2. The molecule has 8 nitrogen and oxygen atoms in total. The third-order valence-electron chi connectivity index (χ3n) is 5.19. The molecule has 0 radical (unpaired) electrons. The highest BCUT2D eigenvalue weighted by atomic mass is 16.7. The van der Waals surface area contributed by atoms with Gasteiger partial charge >= 0.3 is 6.16 Å². The Balaban J connectivity index is 1.44. The van der Waals surface area contributed by atoms with E-state index in [-0.39, 0.29) is 18.4 Å². The van der Waals surface area contributed by atoms with Gasteiger partial charge in [-0.2, -0.15) is 0 Å². The molecule has 164 valence electrons. The molecule has 0 unspecified atom stereocenters. The van der Waals surface area contributed by atoms with Crippen LogP contribution in [0.2, 0.25) is 0 Å². The van der Waals surface area contributed by atoms with Crippen LogP contribution in [0.1, 0.15) is 40.5 Å². The third kappa shape index (κ3) is 6.21. The van der Waals surface area contributed by atoms with E-state index in [0.29, 0.717) is 48.1 Å². The van der Waals surface area contributed by atoms with Crippen molar-refractivity contribution < 1.29 is 23.9 Å². The van der Waals surface area contributed by atoms with E-state index in [4.69, 9.17) is 15.2 Å². The number of nitrogen functional groups attached to an aromatic ring is 1. The quantitative estimate of drug-likeness (QED) is 0.418. The van der Waals surface area contributed by atoms with Crippen molar-refractivity contribution in [1.29, 1.82) is 0 Å². The van der Waals surface area contributed by atoms with Gasteiger partial charge in [0.15, 0.2) is 0 Å².